The fourth-order valence-corrected chi connectivity index (χ4v) is 9.13. The van der Waals surface area contributed by atoms with Crippen molar-refractivity contribution in [3.63, 3.8) is 0 Å². The lowest BCUT2D eigenvalue weighted by Gasteiger charge is -2.44. The number of pyridine rings is 1. The second kappa shape index (κ2) is 12.7. The maximum absolute atomic E-state index is 13.9. The zero-order valence-corrected chi connectivity index (χ0v) is 27.9. The topological polar surface area (TPSA) is 107 Å². The van der Waals surface area contributed by atoms with Crippen molar-refractivity contribution in [2.24, 2.45) is 0 Å². The summed E-state index contributed by atoms with van der Waals surface area (Å²) in [4.78, 5) is 37.3. The summed E-state index contributed by atoms with van der Waals surface area (Å²) < 4.78 is 51.8. The van der Waals surface area contributed by atoms with E-state index in [0.717, 1.165) is 30.5 Å². The van der Waals surface area contributed by atoms with Gasteiger partial charge in [0, 0.05) is 50.9 Å². The highest BCUT2D eigenvalue weighted by atomic mass is 35.5. The number of alkyl halides is 3. The number of nitrogens with zero attached hydrogens (tertiary/aromatic N) is 4. The Balaban J connectivity index is 1.09. The highest BCUT2D eigenvalue weighted by molar-refractivity contribution is 7.18. The lowest BCUT2D eigenvalue weighted by molar-refractivity contribution is -0.347. The number of carboxylic acids is 1. The summed E-state index contributed by atoms with van der Waals surface area (Å²) in [5, 5.41) is 11.7. The summed E-state index contributed by atoms with van der Waals surface area (Å²) >= 11 is 7.69. The molecule has 9 nitrogen and oxygen atoms in total. The first-order chi connectivity index (χ1) is 22.9. The van der Waals surface area contributed by atoms with Gasteiger partial charge in [-0.15, -0.1) is 24.5 Å². The first-order valence-corrected chi connectivity index (χ1v) is 17.3. The Labute approximate surface area is 283 Å². The molecule has 48 heavy (non-hydrogen) atoms. The minimum atomic E-state index is -4.63. The molecule has 0 amide bonds. The van der Waals surface area contributed by atoms with Crippen LogP contribution in [0.1, 0.15) is 65.2 Å². The van der Waals surface area contributed by atoms with Crippen molar-refractivity contribution in [1.29, 1.82) is 0 Å². The number of carboxylic acid groups (broad SMARTS) is 1. The molecule has 4 aromatic rings. The van der Waals surface area contributed by atoms with Crippen molar-refractivity contribution in [2.75, 3.05) is 6.61 Å². The van der Waals surface area contributed by atoms with Crippen LogP contribution in [0.5, 0.6) is 5.75 Å². The Morgan fingerprint density at radius 1 is 1.08 bits per heavy atom. The number of rotatable bonds is 8. The standard InChI is InChI=1S/C34H34ClF3N4O5S/c1-17-11-25(31-30(39-17)27(16-48-31)33(44)45)24-12-19(35)3-8-29(24)46-10-9-41-18(2)40-28-7-6-22(15-26(28)32(41)43)42-20-4-5-21(42)14-23(13-20)47-34(36,37)38/h3,8,11-12,16,20-23H,4-7,9-10,13-15H2,1-2H3,(H,44,45)/t20-,21+,22-,23?/m1/s1. The van der Waals surface area contributed by atoms with E-state index in [-0.39, 0.29) is 42.4 Å². The normalized spacial score (nSPS) is 22.6. The van der Waals surface area contributed by atoms with Crippen LogP contribution < -0.4 is 10.3 Å². The van der Waals surface area contributed by atoms with Gasteiger partial charge in [0.2, 0.25) is 0 Å². The minimum absolute atomic E-state index is 0.0144. The molecule has 3 aliphatic rings. The molecule has 4 atom stereocenters. The quantitative estimate of drug-likeness (QED) is 0.210. The Morgan fingerprint density at radius 3 is 2.54 bits per heavy atom. The SMILES string of the molecule is Cc1cc(-c2cc(Cl)ccc2OCCn2c(C)nc3c(c2=O)C[C@H](N2[C@@H]4CC[C@H]2CC(OC(F)(F)F)C4)CC3)c2scc(C(=O)O)c2n1. The number of piperidine rings is 1. The smallest absolute Gasteiger partial charge is 0.491 e. The number of hydrogen-bond donors (Lipinski definition) is 1. The number of carbonyl (C=O) groups is 1. The van der Waals surface area contributed by atoms with Gasteiger partial charge >= 0.3 is 12.3 Å². The van der Waals surface area contributed by atoms with Gasteiger partial charge in [-0.05, 0) is 83.1 Å². The van der Waals surface area contributed by atoms with Gasteiger partial charge in [-0.1, -0.05) is 11.6 Å². The van der Waals surface area contributed by atoms with Crippen molar-refractivity contribution < 1.29 is 32.5 Å². The van der Waals surface area contributed by atoms with E-state index in [1.165, 1.54) is 11.3 Å². The highest BCUT2D eigenvalue weighted by Crippen LogP contribution is 2.43. The second-order valence-corrected chi connectivity index (χ2v) is 14.2. The molecule has 3 aromatic heterocycles. The number of aromatic nitrogens is 3. The second-order valence-electron chi connectivity index (χ2n) is 12.9. The molecule has 1 aromatic carbocycles. The lowest BCUT2D eigenvalue weighted by atomic mass is 9.87. The third-order valence-corrected chi connectivity index (χ3v) is 11.1. The summed E-state index contributed by atoms with van der Waals surface area (Å²) in [6.45, 7) is 4.01. The zero-order chi connectivity index (χ0) is 33.9. The number of halogens is 4. The van der Waals surface area contributed by atoms with Crippen molar-refractivity contribution >= 4 is 39.1 Å². The van der Waals surface area contributed by atoms with Crippen molar-refractivity contribution in [2.45, 2.75) is 95.9 Å². The van der Waals surface area contributed by atoms with E-state index < -0.39 is 18.4 Å². The van der Waals surface area contributed by atoms with Gasteiger partial charge in [-0.2, -0.15) is 0 Å². The molecule has 2 aliphatic heterocycles. The summed E-state index contributed by atoms with van der Waals surface area (Å²) in [6.07, 6.45) is -1.13. The monoisotopic (exact) mass is 702 g/mol. The molecular formula is C34H34ClF3N4O5S. The molecule has 5 heterocycles. The number of aromatic carboxylic acids is 1. The molecule has 254 valence electrons. The van der Waals surface area contributed by atoms with E-state index in [1.54, 1.807) is 42.0 Å². The van der Waals surface area contributed by atoms with Crippen LogP contribution in [0.25, 0.3) is 21.3 Å². The molecule has 14 heteroatoms. The van der Waals surface area contributed by atoms with Crippen LogP contribution in [0.2, 0.25) is 5.02 Å². The number of fused-ring (bicyclic) bond motifs is 4. The third kappa shape index (κ3) is 6.33. The summed E-state index contributed by atoms with van der Waals surface area (Å²) in [6, 6.07) is 7.22. The highest BCUT2D eigenvalue weighted by Gasteiger charge is 2.47. The van der Waals surface area contributed by atoms with E-state index in [4.69, 9.17) is 21.3 Å². The first kappa shape index (κ1) is 33.0. The van der Waals surface area contributed by atoms with E-state index >= 15 is 0 Å². The van der Waals surface area contributed by atoms with Crippen molar-refractivity contribution in [1.82, 2.24) is 19.4 Å². The molecule has 0 spiro atoms. The average Bonchev–Trinajstić information content (AvgIpc) is 3.56. The number of hydrogen-bond acceptors (Lipinski definition) is 8. The third-order valence-electron chi connectivity index (χ3n) is 9.85. The Kier molecular flexibility index (Phi) is 8.76. The van der Waals surface area contributed by atoms with Crippen molar-refractivity contribution in [3.8, 4) is 16.9 Å². The molecule has 2 saturated heterocycles. The van der Waals surface area contributed by atoms with Crippen LogP contribution in [0.15, 0.2) is 34.4 Å². The van der Waals surface area contributed by atoms with Gasteiger partial charge in [-0.25, -0.2) is 9.78 Å². The molecule has 2 fully saturated rings. The van der Waals surface area contributed by atoms with Gasteiger partial charge in [0.15, 0.2) is 0 Å². The fourth-order valence-electron chi connectivity index (χ4n) is 7.95. The van der Waals surface area contributed by atoms with Gasteiger partial charge in [-0.3, -0.25) is 24.0 Å². The summed E-state index contributed by atoms with van der Waals surface area (Å²) in [7, 11) is 0. The van der Waals surface area contributed by atoms with Crippen molar-refractivity contribution in [3.05, 3.63) is 73.4 Å². The van der Waals surface area contributed by atoms with Gasteiger partial charge < -0.3 is 9.84 Å². The number of ether oxygens (including phenoxy) is 2. The Hall–Kier alpha value is -3.52. The Bertz CT molecular complexity index is 1950. The van der Waals surface area contributed by atoms with Crippen LogP contribution in [-0.2, 0) is 24.1 Å². The molecule has 1 unspecified atom stereocenters. The number of aryl methyl sites for hydroxylation is 3. The fraction of sp³-hybridized carbons (Fsp3) is 0.471. The first-order valence-electron chi connectivity index (χ1n) is 16.0. The maximum Gasteiger partial charge on any atom is 0.522 e. The van der Waals surface area contributed by atoms with Gasteiger partial charge in [0.05, 0.1) is 34.1 Å². The van der Waals surface area contributed by atoms with Crippen LogP contribution in [-0.4, -0.2) is 67.7 Å². The molecule has 0 radical (unpaired) electrons. The molecule has 0 saturated carbocycles. The summed E-state index contributed by atoms with van der Waals surface area (Å²) in [5.74, 6) is 0.0707. The van der Waals surface area contributed by atoms with Crippen LogP contribution in [0.4, 0.5) is 13.2 Å². The van der Waals surface area contributed by atoms with Crippen LogP contribution >= 0.6 is 22.9 Å². The largest absolute Gasteiger partial charge is 0.522 e. The molecule has 1 N–H and O–H groups in total. The Morgan fingerprint density at radius 2 is 1.83 bits per heavy atom. The van der Waals surface area contributed by atoms with Crippen LogP contribution in [0, 0.1) is 13.8 Å². The number of benzene rings is 1. The van der Waals surface area contributed by atoms with E-state index in [1.807, 2.05) is 6.07 Å². The zero-order valence-electron chi connectivity index (χ0n) is 26.3. The molecular weight excluding hydrogens is 669 g/mol. The van der Waals surface area contributed by atoms with E-state index in [0.29, 0.717) is 69.3 Å². The predicted molar refractivity (Wildman–Crippen MR) is 175 cm³/mol. The predicted octanol–water partition coefficient (Wildman–Crippen LogP) is 6.96. The average molecular weight is 703 g/mol. The van der Waals surface area contributed by atoms with E-state index in [9.17, 15) is 27.9 Å². The number of thiophene rings is 1. The van der Waals surface area contributed by atoms with E-state index in [2.05, 4.69) is 14.6 Å². The maximum atomic E-state index is 13.9. The van der Waals surface area contributed by atoms with Crippen LogP contribution in [0.3, 0.4) is 0 Å². The molecule has 1 aliphatic carbocycles. The summed E-state index contributed by atoms with van der Waals surface area (Å²) in [5.41, 5.74) is 3.97. The van der Waals surface area contributed by atoms with Gasteiger partial charge in [0.1, 0.15) is 18.2 Å². The van der Waals surface area contributed by atoms with Gasteiger partial charge in [0.25, 0.3) is 5.56 Å². The minimum Gasteiger partial charge on any atom is -0.491 e. The molecule has 2 bridgehead atoms. The lowest BCUT2D eigenvalue weighted by Crippen LogP contribution is -2.53. The molecule has 7 rings (SSSR count).